The number of ether oxygens (including phenoxy) is 1. The van der Waals surface area contributed by atoms with Crippen LogP contribution in [0.4, 0.5) is 0 Å². The number of carbonyl (C=O) groups is 1. The number of amides is 1. The topological polar surface area (TPSA) is 66.2 Å². The summed E-state index contributed by atoms with van der Waals surface area (Å²) in [5, 5.41) is 7.41. The second-order valence-electron chi connectivity index (χ2n) is 5.63. The molecule has 2 heterocycles. The molecule has 1 aliphatic heterocycles. The van der Waals surface area contributed by atoms with E-state index in [9.17, 15) is 4.79 Å². The summed E-state index contributed by atoms with van der Waals surface area (Å²) in [5.41, 5.74) is 3.79. The molecule has 3 N–H and O–H groups in total. The number of aromatic amines is 1. The predicted molar refractivity (Wildman–Crippen MR) is 87.0 cm³/mol. The zero-order chi connectivity index (χ0) is 15.4. The van der Waals surface area contributed by atoms with E-state index in [0.717, 1.165) is 19.4 Å². The molecule has 1 atom stereocenters. The van der Waals surface area contributed by atoms with Gasteiger partial charge in [-0.15, -0.1) is 0 Å². The number of rotatable bonds is 5. The third-order valence-corrected chi connectivity index (χ3v) is 4.20. The van der Waals surface area contributed by atoms with Gasteiger partial charge in [-0.05, 0) is 24.0 Å². The summed E-state index contributed by atoms with van der Waals surface area (Å²) >= 11 is 0. The number of aromatic nitrogens is 1. The zero-order valence-corrected chi connectivity index (χ0v) is 12.9. The number of fused-ring (bicyclic) bond motifs is 1. The van der Waals surface area contributed by atoms with E-state index in [4.69, 9.17) is 4.74 Å². The lowest BCUT2D eigenvalue weighted by molar-refractivity contribution is -0.125. The molecule has 1 aromatic carbocycles. The number of carbonyl (C=O) groups excluding carboxylic acids is 1. The number of para-hydroxylation sites is 1. The van der Waals surface area contributed by atoms with Crippen molar-refractivity contribution in [3.8, 4) is 0 Å². The standard InChI is InChI=1S/C17H23N3O2/c1-2-12-4-3-5-14-13(10-20-16(12)14)6-7-19-17(21)15-11-22-9-8-18-15/h3-5,10,15,18,20H,2,6-9,11H2,1H3,(H,19,21). The summed E-state index contributed by atoms with van der Waals surface area (Å²) in [6.45, 7) is 4.67. The van der Waals surface area contributed by atoms with Crippen LogP contribution in [0.5, 0.6) is 0 Å². The first-order valence-corrected chi connectivity index (χ1v) is 7.96. The molecule has 0 spiro atoms. The van der Waals surface area contributed by atoms with E-state index in [1.165, 1.54) is 22.0 Å². The van der Waals surface area contributed by atoms with Crippen molar-refractivity contribution in [2.24, 2.45) is 0 Å². The van der Waals surface area contributed by atoms with E-state index < -0.39 is 0 Å². The van der Waals surface area contributed by atoms with E-state index >= 15 is 0 Å². The van der Waals surface area contributed by atoms with Gasteiger partial charge in [0.15, 0.2) is 0 Å². The highest BCUT2D eigenvalue weighted by Gasteiger charge is 2.20. The van der Waals surface area contributed by atoms with Gasteiger partial charge in [0.05, 0.1) is 13.2 Å². The van der Waals surface area contributed by atoms with Crippen LogP contribution in [0.1, 0.15) is 18.1 Å². The normalized spacial score (nSPS) is 18.5. The van der Waals surface area contributed by atoms with Crippen LogP contribution in [0.15, 0.2) is 24.4 Å². The Morgan fingerprint density at radius 2 is 2.32 bits per heavy atom. The van der Waals surface area contributed by atoms with Crippen molar-refractivity contribution in [1.82, 2.24) is 15.6 Å². The van der Waals surface area contributed by atoms with Crippen LogP contribution in [0.25, 0.3) is 10.9 Å². The van der Waals surface area contributed by atoms with Gasteiger partial charge in [-0.2, -0.15) is 0 Å². The molecule has 118 valence electrons. The van der Waals surface area contributed by atoms with Crippen LogP contribution in [0, 0.1) is 0 Å². The maximum atomic E-state index is 12.0. The Morgan fingerprint density at radius 3 is 3.09 bits per heavy atom. The SMILES string of the molecule is CCc1cccc2c(CCNC(=O)C3COCCN3)c[nH]c12. The monoisotopic (exact) mass is 301 g/mol. The van der Waals surface area contributed by atoms with Gasteiger partial charge < -0.3 is 20.4 Å². The van der Waals surface area contributed by atoms with Gasteiger partial charge >= 0.3 is 0 Å². The smallest absolute Gasteiger partial charge is 0.239 e. The zero-order valence-electron chi connectivity index (χ0n) is 12.9. The lowest BCUT2D eigenvalue weighted by Crippen LogP contribution is -2.51. The number of hydrogen-bond acceptors (Lipinski definition) is 3. The molecular weight excluding hydrogens is 278 g/mol. The molecule has 0 saturated carbocycles. The second-order valence-corrected chi connectivity index (χ2v) is 5.63. The molecule has 1 amide bonds. The average Bonchev–Trinajstić information content (AvgIpc) is 2.99. The molecule has 1 aromatic heterocycles. The van der Waals surface area contributed by atoms with E-state index in [1.54, 1.807) is 0 Å². The lowest BCUT2D eigenvalue weighted by Gasteiger charge is -2.22. The van der Waals surface area contributed by atoms with Crippen molar-refractivity contribution in [1.29, 1.82) is 0 Å². The molecule has 5 heteroatoms. The minimum atomic E-state index is -0.219. The van der Waals surface area contributed by atoms with E-state index in [2.05, 4.69) is 46.9 Å². The molecule has 1 fully saturated rings. The summed E-state index contributed by atoms with van der Waals surface area (Å²) in [7, 11) is 0. The molecule has 1 unspecified atom stereocenters. The highest BCUT2D eigenvalue weighted by atomic mass is 16.5. The van der Waals surface area contributed by atoms with Crippen LogP contribution < -0.4 is 10.6 Å². The Morgan fingerprint density at radius 1 is 1.41 bits per heavy atom. The molecule has 22 heavy (non-hydrogen) atoms. The van der Waals surface area contributed by atoms with Gasteiger partial charge in [-0.25, -0.2) is 0 Å². The summed E-state index contributed by atoms with van der Waals surface area (Å²) in [6, 6.07) is 6.17. The first kappa shape index (κ1) is 15.1. The summed E-state index contributed by atoms with van der Waals surface area (Å²) < 4.78 is 5.31. The van der Waals surface area contributed by atoms with Crippen molar-refractivity contribution in [3.63, 3.8) is 0 Å². The molecule has 0 aliphatic carbocycles. The number of nitrogens with one attached hydrogen (secondary N) is 3. The highest BCUT2D eigenvalue weighted by molar-refractivity contribution is 5.86. The number of hydrogen-bond donors (Lipinski definition) is 3. The van der Waals surface area contributed by atoms with Crippen LogP contribution in [-0.2, 0) is 22.4 Å². The van der Waals surface area contributed by atoms with E-state index in [-0.39, 0.29) is 11.9 Å². The summed E-state index contributed by atoms with van der Waals surface area (Å²) in [4.78, 5) is 15.4. The molecule has 1 aliphatic rings. The number of benzene rings is 1. The Bertz CT molecular complexity index is 644. The van der Waals surface area contributed by atoms with Crippen LogP contribution in [-0.4, -0.2) is 43.2 Å². The Labute approximate surface area is 130 Å². The van der Waals surface area contributed by atoms with Crippen LogP contribution >= 0.6 is 0 Å². The van der Waals surface area contributed by atoms with Gasteiger partial charge in [0.1, 0.15) is 6.04 Å². The van der Waals surface area contributed by atoms with Crippen molar-refractivity contribution in [2.75, 3.05) is 26.3 Å². The van der Waals surface area contributed by atoms with Crippen molar-refractivity contribution < 1.29 is 9.53 Å². The van der Waals surface area contributed by atoms with Crippen molar-refractivity contribution in [3.05, 3.63) is 35.5 Å². The maximum absolute atomic E-state index is 12.0. The highest BCUT2D eigenvalue weighted by Crippen LogP contribution is 2.22. The summed E-state index contributed by atoms with van der Waals surface area (Å²) in [6.07, 6.45) is 3.89. The second kappa shape index (κ2) is 6.94. The van der Waals surface area contributed by atoms with Gasteiger partial charge in [0, 0.05) is 30.2 Å². The minimum absolute atomic E-state index is 0.0220. The average molecular weight is 301 g/mol. The first-order valence-electron chi connectivity index (χ1n) is 7.96. The quantitative estimate of drug-likeness (QED) is 0.781. The molecule has 2 aromatic rings. The summed E-state index contributed by atoms with van der Waals surface area (Å²) in [5.74, 6) is 0.0220. The molecule has 3 rings (SSSR count). The third-order valence-electron chi connectivity index (χ3n) is 4.20. The van der Waals surface area contributed by atoms with Gasteiger partial charge in [0.25, 0.3) is 0 Å². The predicted octanol–water partition coefficient (Wildman–Crippen LogP) is 1.38. The van der Waals surface area contributed by atoms with Gasteiger partial charge in [-0.1, -0.05) is 25.1 Å². The molecular formula is C17H23N3O2. The van der Waals surface area contributed by atoms with E-state index in [0.29, 0.717) is 19.8 Å². The Hall–Kier alpha value is -1.85. The number of aryl methyl sites for hydroxylation is 1. The molecule has 5 nitrogen and oxygen atoms in total. The molecule has 0 radical (unpaired) electrons. The number of morpholine rings is 1. The maximum Gasteiger partial charge on any atom is 0.239 e. The van der Waals surface area contributed by atoms with Crippen molar-refractivity contribution in [2.45, 2.75) is 25.8 Å². The largest absolute Gasteiger partial charge is 0.378 e. The van der Waals surface area contributed by atoms with Crippen molar-refractivity contribution >= 4 is 16.8 Å². The van der Waals surface area contributed by atoms with Crippen LogP contribution in [0.3, 0.4) is 0 Å². The molecule has 1 saturated heterocycles. The third kappa shape index (κ3) is 3.15. The lowest BCUT2D eigenvalue weighted by atomic mass is 10.1. The van der Waals surface area contributed by atoms with E-state index in [1.807, 2.05) is 0 Å². The van der Waals surface area contributed by atoms with Gasteiger partial charge in [-0.3, -0.25) is 4.79 Å². The first-order chi connectivity index (χ1) is 10.8. The Balaban J connectivity index is 1.59. The minimum Gasteiger partial charge on any atom is -0.378 e. The Kier molecular flexibility index (Phi) is 4.75. The van der Waals surface area contributed by atoms with Crippen LogP contribution in [0.2, 0.25) is 0 Å². The number of H-pyrrole nitrogens is 1. The fourth-order valence-electron chi connectivity index (χ4n) is 2.95. The fraction of sp³-hybridized carbons (Fsp3) is 0.471. The molecule has 0 bridgehead atoms. The fourth-order valence-corrected chi connectivity index (χ4v) is 2.95. The van der Waals surface area contributed by atoms with Gasteiger partial charge in [0.2, 0.25) is 5.91 Å².